The number of benzene rings is 2. The van der Waals surface area contributed by atoms with Gasteiger partial charge in [-0.25, -0.2) is 4.90 Å². The summed E-state index contributed by atoms with van der Waals surface area (Å²) in [5.41, 5.74) is 7.49. The van der Waals surface area contributed by atoms with Crippen molar-refractivity contribution in [2.45, 2.75) is 6.61 Å². The molecule has 3 N–H and O–H groups in total. The van der Waals surface area contributed by atoms with Crippen molar-refractivity contribution in [1.29, 1.82) is 0 Å². The molecule has 3 rings (SSSR count). The Hall–Kier alpha value is -2.66. The van der Waals surface area contributed by atoms with Crippen molar-refractivity contribution in [2.24, 2.45) is 0 Å². The van der Waals surface area contributed by atoms with Crippen molar-refractivity contribution in [3.05, 3.63) is 59.2 Å². The number of carbonyl (C=O) groups excluding carboxylic acids is 2. The lowest BCUT2D eigenvalue weighted by Crippen LogP contribution is -2.30. The predicted molar refractivity (Wildman–Crippen MR) is 74.4 cm³/mol. The van der Waals surface area contributed by atoms with Gasteiger partial charge in [0.15, 0.2) is 0 Å². The number of hydrogen-bond acceptors (Lipinski definition) is 4. The summed E-state index contributed by atoms with van der Waals surface area (Å²) in [4.78, 5) is 25.9. The van der Waals surface area contributed by atoms with Gasteiger partial charge in [-0.15, -0.1) is 0 Å². The Balaban J connectivity index is 2.17. The zero-order valence-electron chi connectivity index (χ0n) is 10.5. The number of para-hydroxylation sites is 1. The number of imide groups is 1. The van der Waals surface area contributed by atoms with Crippen LogP contribution >= 0.6 is 0 Å². The van der Waals surface area contributed by atoms with Crippen LogP contribution in [0.1, 0.15) is 26.3 Å². The van der Waals surface area contributed by atoms with Crippen LogP contribution in [0.15, 0.2) is 42.5 Å². The monoisotopic (exact) mass is 268 g/mol. The molecule has 0 spiro atoms. The van der Waals surface area contributed by atoms with E-state index in [0.29, 0.717) is 16.8 Å². The first-order chi connectivity index (χ1) is 9.65. The molecule has 5 heteroatoms. The fraction of sp³-hybridized carbons (Fsp3) is 0.0667. The van der Waals surface area contributed by atoms with Crippen LogP contribution in [0, 0.1) is 0 Å². The van der Waals surface area contributed by atoms with E-state index in [-0.39, 0.29) is 17.9 Å². The van der Waals surface area contributed by atoms with Crippen LogP contribution in [0.3, 0.4) is 0 Å². The Kier molecular flexibility index (Phi) is 2.76. The lowest BCUT2D eigenvalue weighted by Gasteiger charge is -2.17. The van der Waals surface area contributed by atoms with Crippen molar-refractivity contribution in [1.82, 2.24) is 0 Å². The average molecular weight is 268 g/mol. The van der Waals surface area contributed by atoms with Gasteiger partial charge in [0.2, 0.25) is 0 Å². The third kappa shape index (κ3) is 1.60. The standard InChI is InChI=1S/C15H12N2O3/c16-11-6-3-5-10-13(11)15(20)17(14(10)19)12-7-2-1-4-9(12)8-18/h1-7,18H,8,16H2. The molecule has 1 aliphatic rings. The van der Waals surface area contributed by atoms with Crippen molar-refractivity contribution < 1.29 is 14.7 Å². The van der Waals surface area contributed by atoms with Crippen molar-refractivity contribution in [3.63, 3.8) is 0 Å². The molecule has 0 atom stereocenters. The van der Waals surface area contributed by atoms with Gasteiger partial charge in [0.1, 0.15) is 0 Å². The molecule has 0 saturated carbocycles. The number of aliphatic hydroxyl groups is 1. The van der Waals surface area contributed by atoms with Gasteiger partial charge in [-0.3, -0.25) is 9.59 Å². The van der Waals surface area contributed by atoms with Gasteiger partial charge in [-0.1, -0.05) is 24.3 Å². The summed E-state index contributed by atoms with van der Waals surface area (Å²) < 4.78 is 0. The van der Waals surface area contributed by atoms with E-state index in [1.165, 1.54) is 0 Å². The number of rotatable bonds is 2. The SMILES string of the molecule is Nc1cccc2c1C(=O)N(c1ccccc1CO)C2=O. The second-order valence-corrected chi connectivity index (χ2v) is 4.50. The fourth-order valence-electron chi connectivity index (χ4n) is 2.39. The van der Waals surface area contributed by atoms with Crippen LogP contribution in [0.25, 0.3) is 0 Å². The second-order valence-electron chi connectivity index (χ2n) is 4.50. The van der Waals surface area contributed by atoms with E-state index in [0.717, 1.165) is 4.90 Å². The maximum absolute atomic E-state index is 12.4. The van der Waals surface area contributed by atoms with Gasteiger partial charge in [0, 0.05) is 11.3 Å². The molecule has 0 radical (unpaired) electrons. The molecule has 0 aliphatic carbocycles. The van der Waals surface area contributed by atoms with Crippen LogP contribution in [-0.4, -0.2) is 16.9 Å². The largest absolute Gasteiger partial charge is 0.398 e. The highest BCUT2D eigenvalue weighted by molar-refractivity contribution is 6.36. The van der Waals surface area contributed by atoms with Crippen LogP contribution < -0.4 is 10.6 Å². The minimum absolute atomic E-state index is 0.227. The van der Waals surface area contributed by atoms with Crippen molar-refractivity contribution in [2.75, 3.05) is 10.6 Å². The van der Waals surface area contributed by atoms with E-state index >= 15 is 0 Å². The molecule has 0 saturated heterocycles. The summed E-state index contributed by atoms with van der Waals surface area (Å²) in [6.45, 7) is -0.251. The number of hydrogen-bond donors (Lipinski definition) is 2. The number of nitrogen functional groups attached to an aromatic ring is 1. The molecule has 1 aliphatic heterocycles. The van der Waals surface area contributed by atoms with Crippen molar-refractivity contribution >= 4 is 23.2 Å². The summed E-state index contributed by atoms with van der Waals surface area (Å²) in [5, 5.41) is 9.35. The molecule has 2 aromatic carbocycles. The van der Waals surface area contributed by atoms with Gasteiger partial charge in [0.25, 0.3) is 11.8 Å². The Morgan fingerprint density at radius 3 is 2.45 bits per heavy atom. The van der Waals surface area contributed by atoms with Gasteiger partial charge in [-0.2, -0.15) is 0 Å². The summed E-state index contributed by atoms with van der Waals surface area (Å²) in [6, 6.07) is 11.5. The van der Waals surface area contributed by atoms with E-state index in [1.807, 2.05) is 0 Å². The van der Waals surface area contributed by atoms with Crippen LogP contribution in [0.4, 0.5) is 11.4 Å². The van der Waals surface area contributed by atoms with Gasteiger partial charge in [0.05, 0.1) is 23.4 Å². The number of anilines is 2. The molecule has 2 aromatic rings. The quantitative estimate of drug-likeness (QED) is 0.639. The zero-order valence-corrected chi connectivity index (χ0v) is 10.5. The summed E-state index contributed by atoms with van der Waals surface area (Å²) in [5.74, 6) is -0.873. The molecule has 0 unspecified atom stereocenters. The summed E-state index contributed by atoms with van der Waals surface area (Å²) >= 11 is 0. The molecule has 100 valence electrons. The number of amides is 2. The smallest absolute Gasteiger partial charge is 0.268 e. The Labute approximate surface area is 115 Å². The predicted octanol–water partition coefficient (Wildman–Crippen LogP) is 1.56. The van der Waals surface area contributed by atoms with Crippen LogP contribution in [-0.2, 0) is 6.61 Å². The number of nitrogens with zero attached hydrogens (tertiary/aromatic N) is 1. The highest BCUT2D eigenvalue weighted by Crippen LogP contribution is 2.33. The first kappa shape index (κ1) is 12.4. The lowest BCUT2D eigenvalue weighted by molar-refractivity contribution is 0.0926. The normalized spacial score (nSPS) is 13.8. The highest BCUT2D eigenvalue weighted by atomic mass is 16.3. The number of fused-ring (bicyclic) bond motifs is 1. The molecular formula is C15H12N2O3. The topological polar surface area (TPSA) is 83.6 Å². The second kappa shape index (κ2) is 4.47. The molecule has 2 amide bonds. The van der Waals surface area contributed by atoms with Gasteiger partial charge in [-0.05, 0) is 18.2 Å². The minimum Gasteiger partial charge on any atom is -0.398 e. The van der Waals surface area contributed by atoms with E-state index in [1.54, 1.807) is 42.5 Å². The molecule has 0 aromatic heterocycles. The molecule has 0 fully saturated rings. The van der Waals surface area contributed by atoms with Crippen LogP contribution in [0.5, 0.6) is 0 Å². The molecular weight excluding hydrogens is 256 g/mol. The number of nitrogens with two attached hydrogens (primary N) is 1. The maximum atomic E-state index is 12.4. The number of aliphatic hydroxyl groups excluding tert-OH is 1. The molecule has 0 bridgehead atoms. The summed E-state index contributed by atoms with van der Waals surface area (Å²) in [7, 11) is 0. The zero-order chi connectivity index (χ0) is 14.3. The van der Waals surface area contributed by atoms with E-state index in [9.17, 15) is 14.7 Å². The molecule has 20 heavy (non-hydrogen) atoms. The highest BCUT2D eigenvalue weighted by Gasteiger charge is 2.38. The third-order valence-electron chi connectivity index (χ3n) is 3.35. The molecule has 5 nitrogen and oxygen atoms in total. The Morgan fingerprint density at radius 1 is 1.00 bits per heavy atom. The Bertz CT molecular complexity index is 725. The van der Waals surface area contributed by atoms with E-state index in [4.69, 9.17) is 5.73 Å². The van der Waals surface area contributed by atoms with E-state index < -0.39 is 11.8 Å². The maximum Gasteiger partial charge on any atom is 0.268 e. The van der Waals surface area contributed by atoms with Gasteiger partial charge >= 0.3 is 0 Å². The fourth-order valence-corrected chi connectivity index (χ4v) is 2.39. The Morgan fingerprint density at radius 2 is 1.75 bits per heavy atom. The van der Waals surface area contributed by atoms with Crippen molar-refractivity contribution in [3.8, 4) is 0 Å². The first-order valence-corrected chi connectivity index (χ1v) is 6.11. The van der Waals surface area contributed by atoms with Crippen LogP contribution in [0.2, 0.25) is 0 Å². The van der Waals surface area contributed by atoms with Gasteiger partial charge < -0.3 is 10.8 Å². The number of carbonyl (C=O) groups is 2. The minimum atomic E-state index is -0.455. The average Bonchev–Trinajstić information content (AvgIpc) is 2.72. The summed E-state index contributed by atoms with van der Waals surface area (Å²) in [6.07, 6.45) is 0. The lowest BCUT2D eigenvalue weighted by atomic mass is 10.1. The molecule has 1 heterocycles. The first-order valence-electron chi connectivity index (χ1n) is 6.11. The van der Waals surface area contributed by atoms with E-state index in [2.05, 4.69) is 0 Å². The third-order valence-corrected chi connectivity index (χ3v) is 3.35.